The van der Waals surface area contributed by atoms with Gasteiger partial charge in [-0.15, -0.1) is 0 Å². The van der Waals surface area contributed by atoms with Crippen LogP contribution in [0.25, 0.3) is 11.3 Å². The summed E-state index contributed by atoms with van der Waals surface area (Å²) in [6.45, 7) is 1.96. The molecule has 2 heterocycles. The molecule has 0 saturated carbocycles. The maximum atomic E-state index is 12.8. The van der Waals surface area contributed by atoms with Gasteiger partial charge in [0.25, 0.3) is 5.91 Å². The number of nitrogens with one attached hydrogen (secondary N) is 1. The molecule has 7 nitrogen and oxygen atoms in total. The van der Waals surface area contributed by atoms with Gasteiger partial charge in [0.05, 0.1) is 18.9 Å². The summed E-state index contributed by atoms with van der Waals surface area (Å²) in [5.41, 5.74) is 4.03. The molecule has 0 spiro atoms. The Bertz CT molecular complexity index is 1040. The van der Waals surface area contributed by atoms with Crippen molar-refractivity contribution < 1.29 is 14.3 Å². The summed E-state index contributed by atoms with van der Waals surface area (Å²) < 4.78 is 12.3. The molecule has 0 unspecified atom stereocenters. The van der Waals surface area contributed by atoms with E-state index < -0.39 is 0 Å². The number of methoxy groups -OCH3 is 2. The van der Waals surface area contributed by atoms with Crippen LogP contribution in [-0.4, -0.2) is 49.1 Å². The molecule has 162 valence electrons. The van der Waals surface area contributed by atoms with Gasteiger partial charge in [0, 0.05) is 44.2 Å². The van der Waals surface area contributed by atoms with Crippen molar-refractivity contribution in [3.63, 3.8) is 0 Å². The molecule has 1 aromatic heterocycles. The molecule has 1 saturated heterocycles. The Morgan fingerprint density at radius 1 is 1.06 bits per heavy atom. The highest BCUT2D eigenvalue weighted by atomic mass is 16.5. The minimum atomic E-state index is -0.196. The Hall–Kier alpha value is -3.32. The summed E-state index contributed by atoms with van der Waals surface area (Å²) in [5.74, 6) is 0.554. The predicted molar refractivity (Wildman–Crippen MR) is 122 cm³/mol. The van der Waals surface area contributed by atoms with Crippen molar-refractivity contribution >= 4 is 17.3 Å². The van der Waals surface area contributed by atoms with Gasteiger partial charge < -0.3 is 19.7 Å². The standard InChI is InChI=1S/C24H28N4O3/c1-27-23(16-22(26-27)17-5-4-6-21(15-17)31-3)24(29)25-18-7-9-19(10-8-18)28-13-11-20(30-2)12-14-28/h4-10,15-16,20H,11-14H2,1-3H3,(H,25,29). The lowest BCUT2D eigenvalue weighted by Crippen LogP contribution is -2.36. The van der Waals surface area contributed by atoms with Crippen LogP contribution in [0.1, 0.15) is 23.3 Å². The highest BCUT2D eigenvalue weighted by Gasteiger charge is 2.19. The molecule has 1 N–H and O–H groups in total. The van der Waals surface area contributed by atoms with Gasteiger partial charge >= 0.3 is 0 Å². The number of carbonyl (C=O) groups excluding carboxylic acids is 1. The van der Waals surface area contributed by atoms with E-state index >= 15 is 0 Å². The SMILES string of the molecule is COc1cccc(-c2cc(C(=O)Nc3ccc(N4CCC(OC)CC4)cc3)n(C)n2)c1. The second-order valence-electron chi connectivity index (χ2n) is 7.69. The fourth-order valence-electron chi connectivity index (χ4n) is 3.90. The van der Waals surface area contributed by atoms with Gasteiger partial charge in [-0.1, -0.05) is 12.1 Å². The molecular weight excluding hydrogens is 392 g/mol. The zero-order valence-corrected chi connectivity index (χ0v) is 18.2. The van der Waals surface area contributed by atoms with Gasteiger partial charge in [-0.2, -0.15) is 5.10 Å². The number of ether oxygens (including phenoxy) is 2. The van der Waals surface area contributed by atoms with Crippen LogP contribution in [0, 0.1) is 0 Å². The first-order valence-electron chi connectivity index (χ1n) is 10.4. The number of piperidine rings is 1. The van der Waals surface area contributed by atoms with E-state index in [0.717, 1.165) is 54.3 Å². The average molecular weight is 421 g/mol. The van der Waals surface area contributed by atoms with E-state index in [2.05, 4.69) is 15.3 Å². The van der Waals surface area contributed by atoms with E-state index in [0.29, 0.717) is 11.8 Å². The lowest BCUT2D eigenvalue weighted by molar-refractivity contribution is 0.0819. The van der Waals surface area contributed by atoms with Crippen LogP contribution in [0.4, 0.5) is 11.4 Å². The molecule has 0 bridgehead atoms. The maximum Gasteiger partial charge on any atom is 0.273 e. The van der Waals surface area contributed by atoms with Gasteiger partial charge in [0.15, 0.2) is 0 Å². The molecule has 1 aliphatic rings. The smallest absolute Gasteiger partial charge is 0.273 e. The molecule has 0 radical (unpaired) electrons. The molecule has 0 atom stereocenters. The lowest BCUT2D eigenvalue weighted by Gasteiger charge is -2.33. The largest absolute Gasteiger partial charge is 0.497 e. The molecule has 7 heteroatoms. The van der Waals surface area contributed by atoms with E-state index in [1.54, 1.807) is 32.0 Å². The summed E-state index contributed by atoms with van der Waals surface area (Å²) in [6, 6.07) is 17.4. The number of aryl methyl sites for hydroxylation is 1. The Labute approximate surface area is 182 Å². The third kappa shape index (κ3) is 4.72. The van der Waals surface area contributed by atoms with E-state index in [1.165, 1.54) is 0 Å². The summed E-state index contributed by atoms with van der Waals surface area (Å²) >= 11 is 0. The van der Waals surface area contributed by atoms with E-state index in [-0.39, 0.29) is 5.91 Å². The number of carbonyl (C=O) groups is 1. The molecule has 2 aromatic carbocycles. The summed E-state index contributed by atoms with van der Waals surface area (Å²) in [4.78, 5) is 15.2. The van der Waals surface area contributed by atoms with Gasteiger partial charge in [-0.3, -0.25) is 9.48 Å². The van der Waals surface area contributed by atoms with Crippen LogP contribution in [0.3, 0.4) is 0 Å². The zero-order chi connectivity index (χ0) is 21.8. The first kappa shape index (κ1) is 20.9. The van der Waals surface area contributed by atoms with Gasteiger partial charge in [0.1, 0.15) is 11.4 Å². The van der Waals surface area contributed by atoms with Crippen molar-refractivity contribution in [3.8, 4) is 17.0 Å². The van der Waals surface area contributed by atoms with E-state index in [4.69, 9.17) is 9.47 Å². The number of hydrogen-bond donors (Lipinski definition) is 1. The minimum absolute atomic E-state index is 0.196. The van der Waals surface area contributed by atoms with Gasteiger partial charge in [-0.25, -0.2) is 0 Å². The molecule has 4 rings (SSSR count). The molecule has 3 aromatic rings. The number of amides is 1. The first-order chi connectivity index (χ1) is 15.1. The Morgan fingerprint density at radius 2 is 1.81 bits per heavy atom. The first-order valence-corrected chi connectivity index (χ1v) is 10.4. The fraction of sp³-hybridized carbons (Fsp3) is 0.333. The Kier molecular flexibility index (Phi) is 6.23. The number of benzene rings is 2. The van der Waals surface area contributed by atoms with Crippen molar-refractivity contribution in [3.05, 3.63) is 60.3 Å². The quantitative estimate of drug-likeness (QED) is 0.654. The minimum Gasteiger partial charge on any atom is -0.497 e. The number of nitrogens with zero attached hydrogens (tertiary/aromatic N) is 3. The van der Waals surface area contributed by atoms with E-state index in [9.17, 15) is 4.79 Å². The summed E-state index contributed by atoms with van der Waals surface area (Å²) in [5, 5.41) is 7.46. The number of hydrogen-bond acceptors (Lipinski definition) is 5. The Balaban J connectivity index is 1.43. The van der Waals surface area contributed by atoms with Crippen LogP contribution < -0.4 is 15.0 Å². The van der Waals surface area contributed by atoms with Crippen LogP contribution in [0.2, 0.25) is 0 Å². The van der Waals surface area contributed by atoms with Crippen molar-refractivity contribution in [2.24, 2.45) is 7.05 Å². The number of rotatable bonds is 6. The second-order valence-corrected chi connectivity index (χ2v) is 7.69. The summed E-state index contributed by atoms with van der Waals surface area (Å²) in [6.07, 6.45) is 2.42. The average Bonchev–Trinajstić information content (AvgIpc) is 3.21. The van der Waals surface area contributed by atoms with Crippen LogP contribution in [0.5, 0.6) is 5.75 Å². The third-order valence-corrected chi connectivity index (χ3v) is 5.74. The van der Waals surface area contributed by atoms with Crippen LogP contribution >= 0.6 is 0 Å². The molecule has 0 aliphatic carbocycles. The van der Waals surface area contributed by atoms with Crippen LogP contribution in [-0.2, 0) is 11.8 Å². The lowest BCUT2D eigenvalue weighted by atomic mass is 10.1. The summed E-state index contributed by atoms with van der Waals surface area (Å²) in [7, 11) is 5.17. The maximum absolute atomic E-state index is 12.8. The molecular formula is C24H28N4O3. The van der Waals surface area contributed by atoms with Crippen LogP contribution in [0.15, 0.2) is 54.6 Å². The van der Waals surface area contributed by atoms with E-state index in [1.807, 2.05) is 48.5 Å². The zero-order valence-electron chi connectivity index (χ0n) is 18.2. The number of anilines is 2. The normalized spacial score (nSPS) is 14.5. The van der Waals surface area contributed by atoms with Gasteiger partial charge in [-0.05, 0) is 55.3 Å². The van der Waals surface area contributed by atoms with Crippen molar-refractivity contribution in [1.29, 1.82) is 0 Å². The van der Waals surface area contributed by atoms with Gasteiger partial charge in [0.2, 0.25) is 0 Å². The highest BCUT2D eigenvalue weighted by molar-refractivity contribution is 6.03. The highest BCUT2D eigenvalue weighted by Crippen LogP contribution is 2.25. The second kappa shape index (κ2) is 9.22. The monoisotopic (exact) mass is 420 g/mol. The van der Waals surface area contributed by atoms with Crippen molar-refractivity contribution in [2.45, 2.75) is 18.9 Å². The van der Waals surface area contributed by atoms with Crippen molar-refractivity contribution in [1.82, 2.24) is 9.78 Å². The molecule has 1 aliphatic heterocycles. The number of aromatic nitrogens is 2. The molecule has 1 fully saturated rings. The predicted octanol–water partition coefficient (Wildman–Crippen LogP) is 3.96. The topological polar surface area (TPSA) is 68.6 Å². The Morgan fingerprint density at radius 3 is 2.48 bits per heavy atom. The van der Waals surface area contributed by atoms with Crippen molar-refractivity contribution in [2.75, 3.05) is 37.5 Å². The molecule has 1 amide bonds. The third-order valence-electron chi connectivity index (χ3n) is 5.74. The molecule has 31 heavy (non-hydrogen) atoms. The fourth-order valence-corrected chi connectivity index (χ4v) is 3.90.